The van der Waals surface area contributed by atoms with Crippen LogP contribution in [0.4, 0.5) is 0 Å². The van der Waals surface area contributed by atoms with Crippen molar-refractivity contribution < 1.29 is 0 Å². The van der Waals surface area contributed by atoms with Crippen LogP contribution in [0.1, 0.15) is 49.4 Å². The second-order valence-corrected chi connectivity index (χ2v) is 7.02. The average Bonchev–Trinajstić information content (AvgIpc) is 2.43. The van der Waals surface area contributed by atoms with Crippen LogP contribution in [0.3, 0.4) is 0 Å². The SMILES string of the molecule is CC(C)(C)c1cc2c3c4c(cccc14)CC=C3CC=C2. The third-order valence-corrected chi connectivity index (χ3v) is 4.61. The van der Waals surface area contributed by atoms with Crippen LogP contribution in [0.2, 0.25) is 0 Å². The first kappa shape index (κ1) is 12.0. The molecule has 0 saturated carbocycles. The Labute approximate surface area is 120 Å². The van der Waals surface area contributed by atoms with Crippen molar-refractivity contribution in [3.63, 3.8) is 0 Å². The molecule has 0 saturated heterocycles. The summed E-state index contributed by atoms with van der Waals surface area (Å²) in [6, 6.07) is 9.23. The lowest BCUT2D eigenvalue weighted by Gasteiger charge is -2.29. The summed E-state index contributed by atoms with van der Waals surface area (Å²) in [5.74, 6) is 0. The molecule has 0 N–H and O–H groups in total. The Hall–Kier alpha value is -1.82. The van der Waals surface area contributed by atoms with E-state index in [1.807, 2.05) is 0 Å². The highest BCUT2D eigenvalue weighted by Crippen LogP contribution is 2.43. The molecule has 2 aliphatic rings. The van der Waals surface area contributed by atoms with E-state index in [9.17, 15) is 0 Å². The average molecular weight is 260 g/mol. The number of hydrogen-bond donors (Lipinski definition) is 0. The summed E-state index contributed by atoms with van der Waals surface area (Å²) < 4.78 is 0. The van der Waals surface area contributed by atoms with Gasteiger partial charge in [-0.15, -0.1) is 0 Å². The van der Waals surface area contributed by atoms with Crippen LogP contribution in [0.15, 0.2) is 36.4 Å². The van der Waals surface area contributed by atoms with Gasteiger partial charge in [0, 0.05) is 0 Å². The summed E-state index contributed by atoms with van der Waals surface area (Å²) >= 11 is 0. The first-order valence-corrected chi connectivity index (χ1v) is 7.51. The molecular formula is C20H20. The fourth-order valence-corrected chi connectivity index (χ4v) is 3.67. The van der Waals surface area contributed by atoms with Crippen LogP contribution < -0.4 is 0 Å². The molecule has 4 rings (SSSR count). The Morgan fingerprint density at radius 1 is 1.05 bits per heavy atom. The summed E-state index contributed by atoms with van der Waals surface area (Å²) in [5.41, 5.74) is 7.57. The number of allylic oxidation sites excluding steroid dienone is 3. The summed E-state index contributed by atoms with van der Waals surface area (Å²) in [5, 5.41) is 2.96. The highest BCUT2D eigenvalue weighted by molar-refractivity contribution is 6.04. The van der Waals surface area contributed by atoms with Gasteiger partial charge < -0.3 is 0 Å². The van der Waals surface area contributed by atoms with Crippen LogP contribution in [0, 0.1) is 0 Å². The lowest BCUT2D eigenvalue weighted by Crippen LogP contribution is -2.14. The van der Waals surface area contributed by atoms with E-state index in [0.717, 1.165) is 12.8 Å². The zero-order valence-electron chi connectivity index (χ0n) is 12.5. The first-order valence-electron chi connectivity index (χ1n) is 7.51. The van der Waals surface area contributed by atoms with Gasteiger partial charge in [-0.3, -0.25) is 0 Å². The molecule has 2 aliphatic carbocycles. The van der Waals surface area contributed by atoms with Crippen molar-refractivity contribution in [2.75, 3.05) is 0 Å². The standard InChI is InChI=1S/C20H20/c1-20(2,3)17-12-15-8-4-6-13-10-11-14-7-5-9-16(17)19(14)18(13)15/h4-5,7-10,12H,6,11H2,1-3H3. The highest BCUT2D eigenvalue weighted by Gasteiger charge is 2.25. The highest BCUT2D eigenvalue weighted by atomic mass is 14.3. The Morgan fingerprint density at radius 2 is 1.90 bits per heavy atom. The van der Waals surface area contributed by atoms with Crippen LogP contribution in [-0.2, 0) is 11.8 Å². The van der Waals surface area contributed by atoms with Gasteiger partial charge in [-0.25, -0.2) is 0 Å². The van der Waals surface area contributed by atoms with E-state index in [-0.39, 0.29) is 5.41 Å². The molecule has 0 heteroatoms. The largest absolute Gasteiger partial charge is 0.0795 e. The fraction of sp³-hybridized carbons (Fsp3) is 0.300. The smallest absolute Gasteiger partial charge is 0.00644 e. The molecule has 2 aromatic carbocycles. The molecule has 0 radical (unpaired) electrons. The van der Waals surface area contributed by atoms with Gasteiger partial charge in [0.25, 0.3) is 0 Å². The summed E-state index contributed by atoms with van der Waals surface area (Å²) in [7, 11) is 0. The minimum atomic E-state index is 0.181. The van der Waals surface area contributed by atoms with Gasteiger partial charge in [0.15, 0.2) is 0 Å². The topological polar surface area (TPSA) is 0 Å². The van der Waals surface area contributed by atoms with Gasteiger partial charge in [0.1, 0.15) is 0 Å². The number of rotatable bonds is 0. The normalized spacial score (nSPS) is 16.4. The van der Waals surface area contributed by atoms with Crippen LogP contribution in [0.5, 0.6) is 0 Å². The van der Waals surface area contributed by atoms with E-state index in [1.165, 1.54) is 38.6 Å². The van der Waals surface area contributed by atoms with E-state index in [2.05, 4.69) is 63.3 Å². The number of benzene rings is 2. The maximum atomic E-state index is 2.42. The molecule has 0 atom stereocenters. The van der Waals surface area contributed by atoms with E-state index < -0.39 is 0 Å². The molecule has 20 heavy (non-hydrogen) atoms. The maximum Gasteiger partial charge on any atom is -0.00644 e. The molecule has 0 nitrogen and oxygen atoms in total. The van der Waals surface area contributed by atoms with Crippen LogP contribution in [0.25, 0.3) is 22.4 Å². The lowest BCUT2D eigenvalue weighted by atomic mass is 9.75. The molecule has 0 bridgehead atoms. The molecule has 0 spiro atoms. The van der Waals surface area contributed by atoms with Crippen molar-refractivity contribution in [3.05, 3.63) is 58.7 Å². The zero-order valence-corrected chi connectivity index (χ0v) is 12.5. The second-order valence-electron chi connectivity index (χ2n) is 7.02. The Morgan fingerprint density at radius 3 is 2.70 bits per heavy atom. The van der Waals surface area contributed by atoms with Crippen molar-refractivity contribution >= 4 is 22.4 Å². The van der Waals surface area contributed by atoms with E-state index in [1.54, 1.807) is 0 Å². The summed E-state index contributed by atoms with van der Waals surface area (Å²) in [6.45, 7) is 6.95. The Bertz CT molecular complexity index is 780. The van der Waals surface area contributed by atoms with E-state index >= 15 is 0 Å². The third kappa shape index (κ3) is 1.54. The molecule has 0 aromatic heterocycles. The molecular weight excluding hydrogens is 240 g/mol. The van der Waals surface area contributed by atoms with Gasteiger partial charge in [0.05, 0.1) is 0 Å². The van der Waals surface area contributed by atoms with Crippen molar-refractivity contribution in [1.29, 1.82) is 0 Å². The molecule has 0 heterocycles. The van der Waals surface area contributed by atoms with Gasteiger partial charge in [0.2, 0.25) is 0 Å². The molecule has 0 fully saturated rings. The lowest BCUT2D eigenvalue weighted by molar-refractivity contribution is 0.595. The molecule has 2 aromatic rings. The van der Waals surface area contributed by atoms with E-state index in [0.29, 0.717) is 0 Å². The van der Waals surface area contributed by atoms with Crippen molar-refractivity contribution in [2.45, 2.75) is 39.0 Å². The van der Waals surface area contributed by atoms with Crippen molar-refractivity contribution in [2.24, 2.45) is 0 Å². The minimum Gasteiger partial charge on any atom is -0.0795 e. The predicted molar refractivity (Wildman–Crippen MR) is 88.0 cm³/mol. The van der Waals surface area contributed by atoms with E-state index in [4.69, 9.17) is 0 Å². The second kappa shape index (κ2) is 3.85. The number of hydrogen-bond acceptors (Lipinski definition) is 0. The van der Waals surface area contributed by atoms with Gasteiger partial charge in [-0.05, 0) is 62.9 Å². The minimum absolute atomic E-state index is 0.181. The predicted octanol–water partition coefficient (Wildman–Crippen LogP) is 5.49. The maximum absolute atomic E-state index is 2.42. The Balaban J connectivity index is 2.22. The third-order valence-electron chi connectivity index (χ3n) is 4.61. The van der Waals surface area contributed by atoms with Gasteiger partial charge in [-0.2, -0.15) is 0 Å². The molecule has 0 aliphatic heterocycles. The van der Waals surface area contributed by atoms with Gasteiger partial charge in [-0.1, -0.05) is 57.2 Å². The quantitative estimate of drug-likeness (QED) is 0.587. The molecule has 0 unspecified atom stereocenters. The van der Waals surface area contributed by atoms with Crippen LogP contribution in [-0.4, -0.2) is 0 Å². The summed E-state index contributed by atoms with van der Waals surface area (Å²) in [4.78, 5) is 0. The van der Waals surface area contributed by atoms with Gasteiger partial charge >= 0.3 is 0 Å². The monoisotopic (exact) mass is 260 g/mol. The first-order chi connectivity index (χ1) is 9.55. The fourth-order valence-electron chi connectivity index (χ4n) is 3.67. The van der Waals surface area contributed by atoms with Crippen molar-refractivity contribution in [3.8, 4) is 0 Å². The zero-order chi connectivity index (χ0) is 13.9. The summed E-state index contributed by atoms with van der Waals surface area (Å²) in [6.07, 6.45) is 9.20. The van der Waals surface area contributed by atoms with Crippen LogP contribution >= 0.6 is 0 Å². The Kier molecular flexibility index (Phi) is 2.30. The molecule has 0 amide bonds. The molecule has 100 valence electrons. The van der Waals surface area contributed by atoms with Crippen molar-refractivity contribution in [1.82, 2.24) is 0 Å².